The van der Waals surface area contributed by atoms with E-state index in [1.165, 1.54) is 11.6 Å². The molecule has 9 nitrogen and oxygen atoms in total. The molecule has 2 aromatic carbocycles. The standard InChI is InChI=1S/C19H18N6O3/c1-12(26)21-18-16(23-24-25(18)14-10-6-3-7-11-14)15(17(20)27)22-19(28)13-8-4-2-5-9-13/h2-11,15H,1H3,(H2,20,27)(H,21,26)(H,22,28). The van der Waals surface area contributed by atoms with Gasteiger partial charge >= 0.3 is 0 Å². The van der Waals surface area contributed by atoms with Crippen molar-refractivity contribution in [1.29, 1.82) is 0 Å². The molecule has 1 aromatic heterocycles. The molecule has 0 bridgehead atoms. The van der Waals surface area contributed by atoms with Gasteiger partial charge in [0.2, 0.25) is 11.8 Å². The molecule has 0 saturated heterocycles. The van der Waals surface area contributed by atoms with E-state index in [0.29, 0.717) is 11.3 Å². The summed E-state index contributed by atoms with van der Waals surface area (Å²) in [6, 6.07) is 16.0. The van der Waals surface area contributed by atoms with Crippen molar-refractivity contribution in [2.75, 3.05) is 5.32 Å². The molecule has 0 radical (unpaired) electrons. The monoisotopic (exact) mass is 378 g/mol. The summed E-state index contributed by atoms with van der Waals surface area (Å²) in [5.41, 5.74) is 6.50. The molecule has 9 heteroatoms. The van der Waals surface area contributed by atoms with Crippen LogP contribution >= 0.6 is 0 Å². The Hall–Kier alpha value is -4.01. The van der Waals surface area contributed by atoms with Gasteiger partial charge in [0.25, 0.3) is 5.91 Å². The Bertz CT molecular complexity index is 1000. The lowest BCUT2D eigenvalue weighted by atomic mass is 10.1. The Labute approximate surface area is 160 Å². The number of hydrogen-bond acceptors (Lipinski definition) is 5. The molecule has 0 fully saturated rings. The van der Waals surface area contributed by atoms with E-state index in [1.54, 1.807) is 54.6 Å². The van der Waals surface area contributed by atoms with Crippen molar-refractivity contribution < 1.29 is 14.4 Å². The van der Waals surface area contributed by atoms with Crippen LogP contribution in [0, 0.1) is 0 Å². The van der Waals surface area contributed by atoms with Crippen LogP contribution in [0.5, 0.6) is 0 Å². The van der Waals surface area contributed by atoms with Gasteiger partial charge in [-0.05, 0) is 24.3 Å². The zero-order chi connectivity index (χ0) is 20.1. The van der Waals surface area contributed by atoms with Gasteiger partial charge in [-0.1, -0.05) is 41.6 Å². The predicted molar refractivity (Wildman–Crippen MR) is 102 cm³/mol. The van der Waals surface area contributed by atoms with Crippen LogP contribution in [-0.2, 0) is 9.59 Å². The Morgan fingerprint density at radius 2 is 1.61 bits per heavy atom. The summed E-state index contributed by atoms with van der Waals surface area (Å²) >= 11 is 0. The largest absolute Gasteiger partial charge is 0.368 e. The summed E-state index contributed by atoms with van der Waals surface area (Å²) < 4.78 is 1.36. The van der Waals surface area contributed by atoms with E-state index in [1.807, 2.05) is 6.07 Å². The summed E-state index contributed by atoms with van der Waals surface area (Å²) in [6.07, 6.45) is 0. The third kappa shape index (κ3) is 4.04. The van der Waals surface area contributed by atoms with Crippen LogP contribution in [0.3, 0.4) is 0 Å². The van der Waals surface area contributed by atoms with E-state index in [2.05, 4.69) is 20.9 Å². The fourth-order valence-corrected chi connectivity index (χ4v) is 2.60. The number of carbonyl (C=O) groups excluding carboxylic acids is 3. The summed E-state index contributed by atoms with van der Waals surface area (Å²) in [6.45, 7) is 1.31. The zero-order valence-corrected chi connectivity index (χ0v) is 15.0. The highest BCUT2D eigenvalue weighted by atomic mass is 16.2. The highest BCUT2D eigenvalue weighted by molar-refractivity contribution is 5.98. The SMILES string of the molecule is CC(=O)Nc1c(C(NC(=O)c2ccccc2)C(N)=O)nnn1-c1ccccc1. The van der Waals surface area contributed by atoms with Gasteiger partial charge in [0.15, 0.2) is 11.9 Å². The van der Waals surface area contributed by atoms with Gasteiger partial charge in [-0.15, -0.1) is 5.10 Å². The molecule has 0 aliphatic carbocycles. The second-order valence-electron chi connectivity index (χ2n) is 5.93. The third-order valence-electron chi connectivity index (χ3n) is 3.86. The topological polar surface area (TPSA) is 132 Å². The first-order valence-electron chi connectivity index (χ1n) is 8.41. The minimum atomic E-state index is -1.29. The number of carbonyl (C=O) groups is 3. The molecule has 0 saturated carbocycles. The number of benzene rings is 2. The van der Waals surface area contributed by atoms with E-state index < -0.39 is 23.8 Å². The minimum absolute atomic E-state index is 0.0378. The fourth-order valence-electron chi connectivity index (χ4n) is 2.60. The quantitative estimate of drug-likeness (QED) is 0.593. The number of para-hydroxylation sites is 1. The smallest absolute Gasteiger partial charge is 0.252 e. The Balaban J connectivity index is 2.01. The Kier molecular flexibility index (Phi) is 5.45. The lowest BCUT2D eigenvalue weighted by Gasteiger charge is -2.15. The van der Waals surface area contributed by atoms with Crippen molar-refractivity contribution in [1.82, 2.24) is 20.3 Å². The molecule has 0 aliphatic heterocycles. The van der Waals surface area contributed by atoms with E-state index >= 15 is 0 Å². The maximum Gasteiger partial charge on any atom is 0.252 e. The summed E-state index contributed by atoms with van der Waals surface area (Å²) in [7, 11) is 0. The summed E-state index contributed by atoms with van der Waals surface area (Å²) in [5.74, 6) is -1.59. The molecular weight excluding hydrogens is 360 g/mol. The molecule has 0 spiro atoms. The van der Waals surface area contributed by atoms with Crippen LogP contribution in [0.2, 0.25) is 0 Å². The van der Waals surface area contributed by atoms with Crippen molar-refractivity contribution in [3.63, 3.8) is 0 Å². The number of nitrogens with zero attached hydrogens (tertiary/aromatic N) is 3. The lowest BCUT2D eigenvalue weighted by molar-refractivity contribution is -0.120. The van der Waals surface area contributed by atoms with Crippen LogP contribution in [0.1, 0.15) is 29.0 Å². The van der Waals surface area contributed by atoms with Gasteiger partial charge in [0.1, 0.15) is 5.69 Å². The highest BCUT2D eigenvalue weighted by Gasteiger charge is 2.29. The van der Waals surface area contributed by atoms with Crippen LogP contribution in [0.25, 0.3) is 5.69 Å². The number of hydrogen-bond donors (Lipinski definition) is 3. The normalized spacial score (nSPS) is 11.5. The van der Waals surface area contributed by atoms with Crippen molar-refractivity contribution >= 4 is 23.5 Å². The maximum atomic E-state index is 12.5. The minimum Gasteiger partial charge on any atom is -0.368 e. The van der Waals surface area contributed by atoms with Gasteiger partial charge in [0, 0.05) is 12.5 Å². The Morgan fingerprint density at radius 3 is 2.18 bits per heavy atom. The maximum absolute atomic E-state index is 12.5. The van der Waals surface area contributed by atoms with Crippen molar-refractivity contribution in [3.05, 3.63) is 71.9 Å². The Morgan fingerprint density at radius 1 is 1.00 bits per heavy atom. The molecule has 1 atom stereocenters. The molecule has 0 aliphatic rings. The van der Waals surface area contributed by atoms with Gasteiger partial charge in [-0.2, -0.15) is 4.68 Å². The van der Waals surface area contributed by atoms with E-state index in [4.69, 9.17) is 5.73 Å². The molecule has 3 amide bonds. The number of primary amides is 1. The van der Waals surface area contributed by atoms with Crippen LogP contribution in [0.15, 0.2) is 60.7 Å². The van der Waals surface area contributed by atoms with E-state index in [0.717, 1.165) is 0 Å². The molecule has 4 N–H and O–H groups in total. The van der Waals surface area contributed by atoms with Gasteiger partial charge in [0.05, 0.1) is 5.69 Å². The predicted octanol–water partition coefficient (Wildman–Crippen LogP) is 1.18. The number of nitrogens with one attached hydrogen (secondary N) is 2. The molecule has 1 heterocycles. The second kappa shape index (κ2) is 8.12. The summed E-state index contributed by atoms with van der Waals surface area (Å²) in [5, 5.41) is 13.2. The molecule has 3 rings (SSSR count). The molecule has 142 valence electrons. The van der Waals surface area contributed by atoms with Gasteiger partial charge in [-0.25, -0.2) is 0 Å². The van der Waals surface area contributed by atoms with Gasteiger partial charge in [-0.3, -0.25) is 14.4 Å². The number of aromatic nitrogens is 3. The average Bonchev–Trinajstić information content (AvgIpc) is 3.09. The van der Waals surface area contributed by atoms with E-state index in [9.17, 15) is 14.4 Å². The first-order valence-corrected chi connectivity index (χ1v) is 8.41. The second-order valence-corrected chi connectivity index (χ2v) is 5.93. The fraction of sp³-hybridized carbons (Fsp3) is 0.105. The number of rotatable bonds is 6. The number of amides is 3. The molecule has 3 aromatic rings. The summed E-state index contributed by atoms with van der Waals surface area (Å²) in [4.78, 5) is 36.2. The lowest BCUT2D eigenvalue weighted by Crippen LogP contribution is -2.38. The van der Waals surface area contributed by atoms with Crippen molar-refractivity contribution in [3.8, 4) is 5.69 Å². The first kappa shape index (κ1) is 18.8. The highest BCUT2D eigenvalue weighted by Crippen LogP contribution is 2.24. The van der Waals surface area contributed by atoms with Crippen LogP contribution in [0.4, 0.5) is 5.82 Å². The number of nitrogens with two attached hydrogens (primary N) is 1. The van der Waals surface area contributed by atoms with Crippen LogP contribution in [-0.4, -0.2) is 32.7 Å². The first-order chi connectivity index (χ1) is 13.5. The molecule has 1 unspecified atom stereocenters. The molecular formula is C19H18N6O3. The van der Waals surface area contributed by atoms with Crippen molar-refractivity contribution in [2.24, 2.45) is 5.73 Å². The van der Waals surface area contributed by atoms with Gasteiger partial charge < -0.3 is 16.4 Å². The van der Waals surface area contributed by atoms with E-state index in [-0.39, 0.29) is 11.5 Å². The zero-order valence-electron chi connectivity index (χ0n) is 15.0. The van der Waals surface area contributed by atoms with Crippen molar-refractivity contribution in [2.45, 2.75) is 13.0 Å². The third-order valence-corrected chi connectivity index (χ3v) is 3.86. The molecule has 28 heavy (non-hydrogen) atoms. The number of anilines is 1. The average molecular weight is 378 g/mol. The van der Waals surface area contributed by atoms with Crippen LogP contribution < -0.4 is 16.4 Å².